The van der Waals surface area contributed by atoms with Crippen molar-refractivity contribution in [2.45, 2.75) is 46.7 Å². The highest BCUT2D eigenvalue weighted by atomic mass is 16.2. The Bertz CT molecular complexity index is 484. The van der Waals surface area contributed by atoms with Gasteiger partial charge in [-0.25, -0.2) is 0 Å². The van der Waals surface area contributed by atoms with Gasteiger partial charge in [0.2, 0.25) is 5.91 Å². The Morgan fingerprint density at radius 3 is 2.75 bits per heavy atom. The molecule has 3 heteroatoms. The summed E-state index contributed by atoms with van der Waals surface area (Å²) in [5.74, 6) is 0.711. The van der Waals surface area contributed by atoms with E-state index in [9.17, 15) is 4.79 Å². The predicted octanol–water partition coefficient (Wildman–Crippen LogP) is 2.65. The maximum atomic E-state index is 11.4. The number of amides is 1. The molecule has 1 saturated heterocycles. The van der Waals surface area contributed by atoms with Gasteiger partial charge in [0.05, 0.1) is 0 Å². The quantitative estimate of drug-likeness (QED) is 0.919. The van der Waals surface area contributed by atoms with Crippen LogP contribution in [0.3, 0.4) is 0 Å². The van der Waals surface area contributed by atoms with Gasteiger partial charge >= 0.3 is 0 Å². The van der Waals surface area contributed by atoms with Crippen molar-refractivity contribution < 1.29 is 4.79 Å². The Balaban J connectivity index is 1.90. The van der Waals surface area contributed by atoms with Crippen LogP contribution < -0.4 is 5.32 Å². The number of carbonyl (C=O) groups excluding carboxylic acids is 1. The van der Waals surface area contributed by atoms with Gasteiger partial charge in [-0.1, -0.05) is 30.7 Å². The zero-order valence-corrected chi connectivity index (χ0v) is 13.1. The van der Waals surface area contributed by atoms with Crippen molar-refractivity contribution in [1.82, 2.24) is 10.2 Å². The number of piperidine rings is 1. The summed E-state index contributed by atoms with van der Waals surface area (Å²) in [6.45, 7) is 10.9. The Labute approximate surface area is 122 Å². The molecule has 2 rings (SSSR count). The number of nitrogens with one attached hydrogen (secondary N) is 1. The van der Waals surface area contributed by atoms with Gasteiger partial charge in [0.25, 0.3) is 0 Å². The van der Waals surface area contributed by atoms with Crippen LogP contribution in [0, 0.1) is 19.8 Å². The molecule has 0 aromatic heterocycles. The van der Waals surface area contributed by atoms with Crippen LogP contribution in [0.4, 0.5) is 0 Å². The van der Waals surface area contributed by atoms with E-state index in [1.165, 1.54) is 16.7 Å². The molecule has 1 fully saturated rings. The predicted molar refractivity (Wildman–Crippen MR) is 82.6 cm³/mol. The molecular formula is C17H26N2O. The molecule has 1 amide bonds. The molecule has 20 heavy (non-hydrogen) atoms. The lowest BCUT2D eigenvalue weighted by atomic mass is 9.93. The summed E-state index contributed by atoms with van der Waals surface area (Å²) in [5, 5.41) is 3.67. The van der Waals surface area contributed by atoms with Gasteiger partial charge in [0.15, 0.2) is 0 Å². The maximum absolute atomic E-state index is 11.4. The van der Waals surface area contributed by atoms with E-state index in [0.29, 0.717) is 12.0 Å². The summed E-state index contributed by atoms with van der Waals surface area (Å²) >= 11 is 0. The normalized spacial score (nSPS) is 22.9. The summed E-state index contributed by atoms with van der Waals surface area (Å²) < 4.78 is 0. The minimum atomic E-state index is 0.199. The lowest BCUT2D eigenvalue weighted by Gasteiger charge is -2.37. The highest BCUT2D eigenvalue weighted by Crippen LogP contribution is 2.18. The molecule has 1 aliphatic heterocycles. The van der Waals surface area contributed by atoms with Crippen LogP contribution in [0.5, 0.6) is 0 Å². The fraction of sp³-hybridized carbons (Fsp3) is 0.588. The number of hydrogen-bond donors (Lipinski definition) is 1. The molecule has 0 saturated carbocycles. The standard InChI is InChI=1S/C17H26N2O/c1-12-5-6-16(13(2)9-12)10-18-17-7-8-19(15(4)20)11-14(17)3/h5-6,9,14,17-18H,7-8,10-11H2,1-4H3. The zero-order chi connectivity index (χ0) is 14.7. The van der Waals surface area contributed by atoms with Gasteiger partial charge < -0.3 is 10.2 Å². The zero-order valence-electron chi connectivity index (χ0n) is 13.1. The monoisotopic (exact) mass is 274 g/mol. The average Bonchev–Trinajstić information content (AvgIpc) is 2.38. The van der Waals surface area contributed by atoms with Gasteiger partial charge in [0, 0.05) is 32.6 Å². The number of hydrogen-bond acceptors (Lipinski definition) is 2. The molecule has 1 aromatic carbocycles. The molecule has 0 aliphatic carbocycles. The summed E-state index contributed by atoms with van der Waals surface area (Å²) in [5.41, 5.74) is 4.04. The van der Waals surface area contributed by atoms with Crippen molar-refractivity contribution >= 4 is 5.91 Å². The second-order valence-electron chi connectivity index (χ2n) is 6.15. The molecule has 0 bridgehead atoms. The first-order valence-electron chi connectivity index (χ1n) is 7.52. The van der Waals surface area contributed by atoms with Crippen molar-refractivity contribution in [2.75, 3.05) is 13.1 Å². The third-order valence-electron chi connectivity index (χ3n) is 4.40. The highest BCUT2D eigenvalue weighted by Gasteiger charge is 2.26. The molecule has 3 nitrogen and oxygen atoms in total. The number of aryl methyl sites for hydroxylation is 2. The fourth-order valence-electron chi connectivity index (χ4n) is 3.02. The van der Waals surface area contributed by atoms with Crippen LogP contribution in [0.25, 0.3) is 0 Å². The molecule has 1 heterocycles. The van der Waals surface area contributed by atoms with Crippen LogP contribution in [0.2, 0.25) is 0 Å². The maximum Gasteiger partial charge on any atom is 0.219 e. The van der Waals surface area contributed by atoms with Crippen molar-refractivity contribution in [1.29, 1.82) is 0 Å². The Hall–Kier alpha value is -1.35. The number of benzene rings is 1. The molecule has 1 aromatic rings. The third kappa shape index (κ3) is 3.60. The van der Waals surface area contributed by atoms with Gasteiger partial charge in [-0.3, -0.25) is 4.79 Å². The highest BCUT2D eigenvalue weighted by molar-refractivity contribution is 5.73. The molecule has 2 unspecified atom stereocenters. The minimum Gasteiger partial charge on any atom is -0.343 e. The SMILES string of the molecule is CC(=O)N1CCC(NCc2ccc(C)cc2C)C(C)C1. The van der Waals surface area contributed by atoms with E-state index in [4.69, 9.17) is 0 Å². The number of carbonyl (C=O) groups is 1. The molecule has 2 atom stereocenters. The van der Waals surface area contributed by atoms with E-state index < -0.39 is 0 Å². The first kappa shape index (κ1) is 15.0. The first-order valence-corrected chi connectivity index (χ1v) is 7.52. The van der Waals surface area contributed by atoms with Gasteiger partial charge in [-0.15, -0.1) is 0 Å². The van der Waals surface area contributed by atoms with Crippen LogP contribution in [0.1, 0.15) is 37.0 Å². The number of nitrogens with zero attached hydrogens (tertiary/aromatic N) is 1. The Morgan fingerprint density at radius 2 is 2.15 bits per heavy atom. The molecule has 1 N–H and O–H groups in total. The van der Waals surface area contributed by atoms with Crippen LogP contribution in [-0.2, 0) is 11.3 Å². The summed E-state index contributed by atoms with van der Waals surface area (Å²) in [4.78, 5) is 13.4. The molecule has 0 spiro atoms. The van der Waals surface area contributed by atoms with Gasteiger partial charge in [-0.2, -0.15) is 0 Å². The summed E-state index contributed by atoms with van der Waals surface area (Å²) in [6, 6.07) is 7.13. The van der Waals surface area contributed by atoms with Crippen LogP contribution in [0.15, 0.2) is 18.2 Å². The number of rotatable bonds is 3. The Morgan fingerprint density at radius 1 is 1.40 bits per heavy atom. The third-order valence-corrected chi connectivity index (χ3v) is 4.40. The van der Waals surface area contributed by atoms with Crippen LogP contribution >= 0.6 is 0 Å². The van der Waals surface area contributed by atoms with Crippen molar-refractivity contribution in [3.63, 3.8) is 0 Å². The van der Waals surface area contributed by atoms with E-state index >= 15 is 0 Å². The van der Waals surface area contributed by atoms with Gasteiger partial charge in [-0.05, 0) is 37.3 Å². The molecule has 0 radical (unpaired) electrons. The van der Waals surface area contributed by atoms with Crippen molar-refractivity contribution in [3.8, 4) is 0 Å². The largest absolute Gasteiger partial charge is 0.343 e. The second kappa shape index (κ2) is 6.40. The molecular weight excluding hydrogens is 248 g/mol. The number of likely N-dealkylation sites (tertiary alicyclic amines) is 1. The van der Waals surface area contributed by atoms with Crippen LogP contribution in [-0.4, -0.2) is 29.9 Å². The molecule has 1 aliphatic rings. The van der Waals surface area contributed by atoms with E-state index in [2.05, 4.69) is 44.3 Å². The first-order chi connectivity index (χ1) is 9.47. The second-order valence-corrected chi connectivity index (χ2v) is 6.15. The average molecular weight is 274 g/mol. The van der Waals surface area contributed by atoms with Crippen molar-refractivity contribution in [2.24, 2.45) is 5.92 Å². The van der Waals surface area contributed by atoms with E-state index in [-0.39, 0.29) is 5.91 Å². The lowest BCUT2D eigenvalue weighted by molar-refractivity contribution is -0.130. The van der Waals surface area contributed by atoms with E-state index in [1.807, 2.05) is 4.90 Å². The van der Waals surface area contributed by atoms with E-state index in [1.54, 1.807) is 6.92 Å². The Kier molecular flexibility index (Phi) is 4.81. The molecule has 110 valence electrons. The minimum absolute atomic E-state index is 0.199. The fourth-order valence-corrected chi connectivity index (χ4v) is 3.02. The summed E-state index contributed by atoms with van der Waals surface area (Å²) in [7, 11) is 0. The van der Waals surface area contributed by atoms with Gasteiger partial charge in [0.1, 0.15) is 0 Å². The lowest BCUT2D eigenvalue weighted by Crippen LogP contribution is -2.49. The smallest absolute Gasteiger partial charge is 0.219 e. The summed E-state index contributed by atoms with van der Waals surface area (Å²) in [6.07, 6.45) is 1.05. The van der Waals surface area contributed by atoms with Crippen molar-refractivity contribution in [3.05, 3.63) is 34.9 Å². The topological polar surface area (TPSA) is 32.3 Å². The van der Waals surface area contributed by atoms with E-state index in [0.717, 1.165) is 26.1 Å².